The van der Waals surface area contributed by atoms with Crippen molar-refractivity contribution in [2.75, 3.05) is 21.3 Å². The van der Waals surface area contributed by atoms with E-state index < -0.39 is 0 Å². The van der Waals surface area contributed by atoms with E-state index in [4.69, 9.17) is 18.6 Å². The molecule has 28 heavy (non-hydrogen) atoms. The molecule has 4 aromatic rings. The van der Waals surface area contributed by atoms with Gasteiger partial charge in [0.25, 0.3) is 5.78 Å². The predicted molar refractivity (Wildman–Crippen MR) is 99.7 cm³/mol. The van der Waals surface area contributed by atoms with Crippen LogP contribution in [0.5, 0.6) is 17.2 Å². The summed E-state index contributed by atoms with van der Waals surface area (Å²) in [5.74, 6) is 3.26. The van der Waals surface area contributed by atoms with E-state index >= 15 is 0 Å². The van der Waals surface area contributed by atoms with Crippen molar-refractivity contribution in [1.29, 1.82) is 0 Å². The number of methoxy groups -OCH3 is 3. The molecule has 1 aromatic carbocycles. The monoisotopic (exact) mass is 400 g/mol. The van der Waals surface area contributed by atoms with Crippen molar-refractivity contribution in [2.24, 2.45) is 0 Å². The molecule has 3 aromatic heterocycles. The van der Waals surface area contributed by atoms with Gasteiger partial charge in [-0.1, -0.05) is 11.8 Å². The van der Waals surface area contributed by atoms with E-state index in [1.807, 2.05) is 0 Å². The van der Waals surface area contributed by atoms with Crippen molar-refractivity contribution in [3.8, 4) is 28.7 Å². The number of hydrogen-bond donors (Lipinski definition) is 0. The first-order chi connectivity index (χ1) is 13.7. The van der Waals surface area contributed by atoms with Crippen LogP contribution in [0.25, 0.3) is 17.2 Å². The number of rotatable bonds is 7. The number of nitrogens with zero attached hydrogens (tertiary/aromatic N) is 6. The molecule has 0 amide bonds. The molecule has 0 aliphatic heterocycles. The number of thioether (sulfide) groups is 1. The average molecular weight is 400 g/mol. The zero-order valence-corrected chi connectivity index (χ0v) is 16.1. The van der Waals surface area contributed by atoms with Gasteiger partial charge in [0.1, 0.15) is 0 Å². The summed E-state index contributed by atoms with van der Waals surface area (Å²) in [5.41, 5.74) is 0.660. The Bertz CT molecular complexity index is 1050. The van der Waals surface area contributed by atoms with E-state index in [9.17, 15) is 0 Å². The van der Waals surface area contributed by atoms with Gasteiger partial charge >= 0.3 is 0 Å². The Balaban J connectivity index is 1.54. The van der Waals surface area contributed by atoms with E-state index in [0.29, 0.717) is 51.3 Å². The van der Waals surface area contributed by atoms with Gasteiger partial charge in [-0.2, -0.15) is 4.98 Å². The summed E-state index contributed by atoms with van der Waals surface area (Å²) in [6, 6.07) is 5.29. The van der Waals surface area contributed by atoms with E-state index in [2.05, 4.69) is 25.3 Å². The molecule has 0 saturated carbocycles. The van der Waals surface area contributed by atoms with Crippen LogP contribution in [-0.4, -0.2) is 51.1 Å². The lowest BCUT2D eigenvalue weighted by atomic mass is 10.2. The Morgan fingerprint density at radius 3 is 2.54 bits per heavy atom. The zero-order valence-electron chi connectivity index (χ0n) is 15.3. The number of fused-ring (bicyclic) bond motifs is 1. The maximum Gasteiger partial charge on any atom is 0.253 e. The molecular weight excluding hydrogens is 384 g/mol. The second-order valence-corrected chi connectivity index (χ2v) is 6.40. The number of aromatic nitrogens is 6. The summed E-state index contributed by atoms with van der Waals surface area (Å²) in [7, 11) is 4.65. The van der Waals surface area contributed by atoms with E-state index in [1.165, 1.54) is 11.8 Å². The predicted octanol–water partition coefficient (Wildman–Crippen LogP) is 2.49. The van der Waals surface area contributed by atoms with Crippen LogP contribution in [-0.2, 0) is 5.75 Å². The molecule has 0 aliphatic carbocycles. The van der Waals surface area contributed by atoms with Gasteiger partial charge in [0.2, 0.25) is 22.7 Å². The van der Waals surface area contributed by atoms with Crippen LogP contribution in [0.1, 0.15) is 5.89 Å². The first kappa shape index (κ1) is 18.0. The Labute approximate surface area is 163 Å². The molecule has 4 rings (SSSR count). The molecule has 0 saturated heterocycles. The standard InChI is InChI=1S/C17H16N6O4S/c1-24-11-7-10(8-12(25-2)14(11)26-3)15-21-20-13(27-15)9-28-17-19-16-18-5-4-6-23(16)22-17/h4-8H,9H2,1-3H3. The first-order valence-electron chi connectivity index (χ1n) is 8.14. The van der Waals surface area contributed by atoms with Crippen molar-refractivity contribution in [3.05, 3.63) is 36.5 Å². The maximum absolute atomic E-state index is 5.77. The Kier molecular flexibility index (Phi) is 4.98. The van der Waals surface area contributed by atoms with Gasteiger partial charge in [-0.15, -0.1) is 15.3 Å². The van der Waals surface area contributed by atoms with Gasteiger partial charge < -0.3 is 18.6 Å². The largest absolute Gasteiger partial charge is 0.493 e. The number of ether oxygens (including phenoxy) is 3. The lowest BCUT2D eigenvalue weighted by Gasteiger charge is -2.12. The zero-order chi connectivity index (χ0) is 19.5. The highest BCUT2D eigenvalue weighted by molar-refractivity contribution is 7.98. The lowest BCUT2D eigenvalue weighted by Crippen LogP contribution is -1.95. The fourth-order valence-electron chi connectivity index (χ4n) is 2.53. The molecule has 144 valence electrons. The first-order valence-corrected chi connectivity index (χ1v) is 9.13. The molecule has 0 bridgehead atoms. The van der Waals surface area contributed by atoms with Crippen LogP contribution < -0.4 is 14.2 Å². The van der Waals surface area contributed by atoms with Gasteiger partial charge in [0.05, 0.1) is 27.1 Å². The van der Waals surface area contributed by atoms with E-state index in [1.54, 1.807) is 56.4 Å². The Morgan fingerprint density at radius 2 is 1.86 bits per heavy atom. The number of benzene rings is 1. The van der Waals surface area contributed by atoms with Gasteiger partial charge in [0.15, 0.2) is 11.5 Å². The Hall–Kier alpha value is -3.34. The minimum atomic E-state index is 0.347. The van der Waals surface area contributed by atoms with Gasteiger partial charge in [-0.05, 0) is 18.2 Å². The molecule has 0 fully saturated rings. The number of hydrogen-bond acceptors (Lipinski definition) is 10. The van der Waals surface area contributed by atoms with E-state index in [0.717, 1.165) is 0 Å². The van der Waals surface area contributed by atoms with Crippen molar-refractivity contribution in [1.82, 2.24) is 29.8 Å². The second-order valence-electron chi connectivity index (χ2n) is 5.46. The summed E-state index contributed by atoms with van der Waals surface area (Å²) < 4.78 is 23.4. The third-order valence-electron chi connectivity index (χ3n) is 3.80. The third kappa shape index (κ3) is 3.43. The lowest BCUT2D eigenvalue weighted by molar-refractivity contribution is 0.324. The van der Waals surface area contributed by atoms with Crippen LogP contribution in [0.2, 0.25) is 0 Å². The van der Waals surface area contributed by atoms with Gasteiger partial charge in [-0.3, -0.25) is 0 Å². The fraction of sp³-hybridized carbons (Fsp3) is 0.235. The van der Waals surface area contributed by atoms with Crippen molar-refractivity contribution in [2.45, 2.75) is 10.9 Å². The normalized spacial score (nSPS) is 11.0. The van der Waals surface area contributed by atoms with Gasteiger partial charge in [0, 0.05) is 18.0 Å². The van der Waals surface area contributed by atoms with Crippen molar-refractivity contribution >= 4 is 17.5 Å². The maximum atomic E-state index is 5.77. The molecular formula is C17H16N6O4S. The highest BCUT2D eigenvalue weighted by atomic mass is 32.2. The van der Waals surface area contributed by atoms with Crippen LogP contribution >= 0.6 is 11.8 Å². The molecule has 0 spiro atoms. The molecule has 0 aliphatic rings. The van der Waals surface area contributed by atoms with Crippen LogP contribution in [0, 0.1) is 0 Å². The highest BCUT2D eigenvalue weighted by Gasteiger charge is 2.18. The molecule has 10 nitrogen and oxygen atoms in total. The quantitative estimate of drug-likeness (QED) is 0.429. The summed E-state index contributed by atoms with van der Waals surface area (Å²) in [4.78, 5) is 8.46. The SMILES string of the molecule is COc1cc(-c2nnc(CSc3nc4ncccn4n3)o2)cc(OC)c1OC. The molecule has 0 atom stereocenters. The summed E-state index contributed by atoms with van der Waals surface area (Å²) >= 11 is 1.38. The van der Waals surface area contributed by atoms with Crippen molar-refractivity contribution in [3.63, 3.8) is 0 Å². The van der Waals surface area contributed by atoms with Crippen LogP contribution in [0.4, 0.5) is 0 Å². The average Bonchev–Trinajstić information content (AvgIpc) is 3.37. The van der Waals surface area contributed by atoms with Crippen LogP contribution in [0.3, 0.4) is 0 Å². The summed E-state index contributed by atoms with van der Waals surface area (Å²) in [5, 5.41) is 13.1. The minimum Gasteiger partial charge on any atom is -0.493 e. The summed E-state index contributed by atoms with van der Waals surface area (Å²) in [6.45, 7) is 0. The third-order valence-corrected chi connectivity index (χ3v) is 4.62. The molecule has 0 unspecified atom stereocenters. The highest BCUT2D eigenvalue weighted by Crippen LogP contribution is 2.41. The van der Waals surface area contributed by atoms with E-state index in [-0.39, 0.29) is 0 Å². The molecule has 3 heterocycles. The molecule has 11 heteroatoms. The second kappa shape index (κ2) is 7.72. The smallest absolute Gasteiger partial charge is 0.253 e. The fourth-order valence-corrected chi connectivity index (χ4v) is 3.20. The summed E-state index contributed by atoms with van der Waals surface area (Å²) in [6.07, 6.45) is 3.45. The van der Waals surface area contributed by atoms with Gasteiger partial charge in [-0.25, -0.2) is 9.50 Å². The molecule has 0 radical (unpaired) electrons. The van der Waals surface area contributed by atoms with Crippen molar-refractivity contribution < 1.29 is 18.6 Å². The topological polar surface area (TPSA) is 110 Å². The van der Waals surface area contributed by atoms with Crippen LogP contribution in [0.15, 0.2) is 40.2 Å². The minimum absolute atomic E-state index is 0.347. The molecule has 0 N–H and O–H groups in total. The Morgan fingerprint density at radius 1 is 1.07 bits per heavy atom.